The van der Waals surface area contributed by atoms with Crippen molar-refractivity contribution in [3.63, 3.8) is 0 Å². The minimum absolute atomic E-state index is 0.308. The van der Waals surface area contributed by atoms with E-state index in [4.69, 9.17) is 9.68 Å². The number of carbonyl (C=O) groups excluding carboxylic acids is 2. The van der Waals surface area contributed by atoms with E-state index in [-0.39, 0.29) is 11.9 Å². The Labute approximate surface area is 219 Å². The van der Waals surface area contributed by atoms with E-state index >= 15 is 0 Å². The van der Waals surface area contributed by atoms with Gasteiger partial charge in [-0.2, -0.15) is 0 Å². The molecule has 0 aromatic carbocycles. The zero-order chi connectivity index (χ0) is 26.1. The highest BCUT2D eigenvalue weighted by molar-refractivity contribution is 6.18. The van der Waals surface area contributed by atoms with Gasteiger partial charge in [0, 0.05) is 12.8 Å². The number of hydrogen-bond donors (Lipinski definition) is 0. The summed E-state index contributed by atoms with van der Waals surface area (Å²) in [5, 5.41) is 7.77. The largest absolute Gasteiger partial charge is 0.335 e. The molecule has 0 atom stereocenters. The van der Waals surface area contributed by atoms with Crippen LogP contribution in [0, 0.1) is 0 Å². The van der Waals surface area contributed by atoms with Gasteiger partial charge in [-0.05, 0) is 37.1 Å². The number of allylic oxidation sites excluding steroid dienone is 4. The predicted octanol–water partition coefficient (Wildman–Crippen LogP) is 8.75. The van der Waals surface area contributed by atoms with Crippen LogP contribution in [-0.4, -0.2) is 23.4 Å². The lowest BCUT2D eigenvalue weighted by Gasteiger charge is -2.04. The lowest BCUT2D eigenvalue weighted by atomic mass is 10.1. The van der Waals surface area contributed by atoms with Gasteiger partial charge in [-0.25, -0.2) is 9.59 Å². The van der Waals surface area contributed by atoms with Crippen LogP contribution in [-0.2, 0) is 19.3 Å². The van der Waals surface area contributed by atoms with Gasteiger partial charge in [0.15, 0.2) is 0 Å². The fourth-order valence-corrected chi connectivity index (χ4v) is 4.03. The van der Waals surface area contributed by atoms with Gasteiger partial charge in [0.05, 0.1) is 0 Å². The molecular weight excluding hydrogens is 452 g/mol. The molecule has 0 aliphatic heterocycles. The number of oxime groups is 2. The molecule has 6 heteroatoms. The average molecular weight is 503 g/mol. The number of carbonyl (C=O) groups is 2. The van der Waals surface area contributed by atoms with Crippen LogP contribution in [0.5, 0.6) is 0 Å². The van der Waals surface area contributed by atoms with E-state index in [1.54, 1.807) is 24.3 Å². The molecule has 36 heavy (non-hydrogen) atoms. The fourth-order valence-electron chi connectivity index (χ4n) is 4.03. The summed E-state index contributed by atoms with van der Waals surface area (Å²) in [6, 6.07) is 0. The highest BCUT2D eigenvalue weighted by Gasteiger charge is 2.07. The Morgan fingerprint density at radius 3 is 1.08 bits per heavy atom. The fraction of sp³-hybridized carbons (Fsp3) is 0.733. The van der Waals surface area contributed by atoms with Crippen LogP contribution in [0.15, 0.2) is 34.6 Å². The molecule has 6 nitrogen and oxygen atoms in total. The quantitative estimate of drug-likeness (QED) is 0.0641. The van der Waals surface area contributed by atoms with Crippen molar-refractivity contribution in [3.05, 3.63) is 24.3 Å². The van der Waals surface area contributed by atoms with E-state index < -0.39 is 0 Å². The summed E-state index contributed by atoms with van der Waals surface area (Å²) >= 11 is 0. The molecule has 0 fully saturated rings. The maximum Gasteiger partial charge on any atom is 0.335 e. The third-order valence-corrected chi connectivity index (χ3v) is 6.32. The lowest BCUT2D eigenvalue weighted by molar-refractivity contribution is -0.144. The molecule has 0 heterocycles. The number of nitrogens with zero attached hydrogens (tertiary/aromatic N) is 2. The Hall–Kier alpha value is -2.24. The van der Waals surface area contributed by atoms with Crippen molar-refractivity contribution in [1.29, 1.82) is 0 Å². The Kier molecular flexibility index (Phi) is 20.5. The molecule has 1 rings (SSSR count). The molecule has 1 aliphatic rings. The second-order valence-electron chi connectivity index (χ2n) is 9.78. The summed E-state index contributed by atoms with van der Waals surface area (Å²) in [7, 11) is 0. The van der Waals surface area contributed by atoms with E-state index in [2.05, 4.69) is 24.2 Å². The van der Waals surface area contributed by atoms with Crippen molar-refractivity contribution in [2.45, 2.75) is 142 Å². The Balaban J connectivity index is 2.08. The van der Waals surface area contributed by atoms with Crippen molar-refractivity contribution >= 4 is 23.4 Å². The Morgan fingerprint density at radius 1 is 0.500 bits per heavy atom. The van der Waals surface area contributed by atoms with E-state index in [0.717, 1.165) is 25.7 Å². The van der Waals surface area contributed by atoms with E-state index in [1.165, 1.54) is 89.9 Å². The summed E-state index contributed by atoms with van der Waals surface area (Å²) in [5.74, 6) is -0.616. The van der Waals surface area contributed by atoms with Gasteiger partial charge in [-0.1, -0.05) is 127 Å². The van der Waals surface area contributed by atoms with Gasteiger partial charge in [0.25, 0.3) is 0 Å². The summed E-state index contributed by atoms with van der Waals surface area (Å²) in [5.41, 5.74) is 1.05. The third kappa shape index (κ3) is 19.0. The van der Waals surface area contributed by atoms with Crippen LogP contribution in [0.1, 0.15) is 142 Å². The molecule has 1 aliphatic carbocycles. The molecule has 204 valence electrons. The van der Waals surface area contributed by atoms with Gasteiger partial charge in [0.1, 0.15) is 11.4 Å². The number of unbranched alkanes of at least 4 members (excludes halogenated alkanes) is 16. The average Bonchev–Trinajstić information content (AvgIpc) is 2.89. The third-order valence-electron chi connectivity index (χ3n) is 6.32. The first kappa shape index (κ1) is 31.8. The van der Waals surface area contributed by atoms with Crippen molar-refractivity contribution < 1.29 is 19.3 Å². The maximum atomic E-state index is 11.9. The van der Waals surface area contributed by atoms with Gasteiger partial charge >= 0.3 is 11.9 Å². The van der Waals surface area contributed by atoms with Crippen molar-refractivity contribution in [2.75, 3.05) is 0 Å². The second kappa shape index (κ2) is 23.2. The smallest absolute Gasteiger partial charge is 0.318 e. The zero-order valence-electron chi connectivity index (χ0n) is 23.0. The molecular formula is C30H50N2O4. The second-order valence-corrected chi connectivity index (χ2v) is 9.78. The van der Waals surface area contributed by atoms with Crippen LogP contribution in [0.25, 0.3) is 0 Å². The summed E-state index contributed by atoms with van der Waals surface area (Å²) in [6.07, 6.45) is 29.2. The molecule has 0 unspecified atom stereocenters. The van der Waals surface area contributed by atoms with Crippen LogP contribution < -0.4 is 0 Å². The van der Waals surface area contributed by atoms with Gasteiger partial charge in [-0.15, -0.1) is 0 Å². The van der Waals surface area contributed by atoms with Crippen LogP contribution >= 0.6 is 0 Å². The zero-order valence-corrected chi connectivity index (χ0v) is 23.0. The summed E-state index contributed by atoms with van der Waals surface area (Å²) < 4.78 is 0. The Morgan fingerprint density at radius 2 is 0.778 bits per heavy atom. The molecule has 0 aromatic rings. The van der Waals surface area contributed by atoms with E-state index in [1.807, 2.05) is 0 Å². The molecule has 0 N–H and O–H groups in total. The van der Waals surface area contributed by atoms with Crippen molar-refractivity contribution in [3.8, 4) is 0 Å². The van der Waals surface area contributed by atoms with Crippen LogP contribution in [0.4, 0.5) is 0 Å². The molecule has 0 amide bonds. The van der Waals surface area contributed by atoms with Crippen molar-refractivity contribution in [2.24, 2.45) is 10.3 Å². The molecule has 0 saturated carbocycles. The molecule has 0 bridgehead atoms. The Bertz CT molecular complexity index is 634. The maximum absolute atomic E-state index is 11.9. The highest BCUT2D eigenvalue weighted by Crippen LogP contribution is 2.12. The molecule has 0 aromatic heterocycles. The standard InChI is InChI=1S/C30H50N2O4/c1-3-5-7-9-11-13-15-17-19-21-29(33)35-31-27-23-25-28(26-24-27)32-36-30(34)22-20-18-16-14-12-10-8-6-4-2/h23-26H,3-22H2,1-2H3. The highest BCUT2D eigenvalue weighted by atomic mass is 16.7. The first-order valence-corrected chi connectivity index (χ1v) is 14.6. The lowest BCUT2D eigenvalue weighted by Crippen LogP contribution is -2.06. The number of rotatable bonds is 22. The normalized spacial score (nSPS) is 12.6. The van der Waals surface area contributed by atoms with Crippen molar-refractivity contribution in [1.82, 2.24) is 0 Å². The summed E-state index contributed by atoms with van der Waals surface area (Å²) in [6.45, 7) is 4.46. The van der Waals surface area contributed by atoms with Gasteiger partial charge in [0.2, 0.25) is 0 Å². The summed E-state index contributed by atoms with van der Waals surface area (Å²) in [4.78, 5) is 33.8. The van der Waals surface area contributed by atoms with Crippen LogP contribution in [0.2, 0.25) is 0 Å². The van der Waals surface area contributed by atoms with Gasteiger partial charge < -0.3 is 9.68 Å². The molecule has 0 saturated heterocycles. The monoisotopic (exact) mass is 502 g/mol. The SMILES string of the molecule is CCCCCCCCCCCC(=O)ON=C1C=CC(=NOC(=O)CCCCCCCCCCC)C=C1. The molecule has 0 radical (unpaired) electrons. The first-order chi connectivity index (χ1) is 17.7. The number of hydrogen-bond acceptors (Lipinski definition) is 6. The predicted molar refractivity (Wildman–Crippen MR) is 149 cm³/mol. The van der Waals surface area contributed by atoms with Gasteiger partial charge in [-0.3, -0.25) is 0 Å². The molecule has 0 spiro atoms. The van der Waals surface area contributed by atoms with E-state index in [9.17, 15) is 9.59 Å². The van der Waals surface area contributed by atoms with Crippen LogP contribution in [0.3, 0.4) is 0 Å². The van der Waals surface area contributed by atoms with E-state index in [0.29, 0.717) is 24.3 Å². The minimum Gasteiger partial charge on any atom is -0.318 e. The minimum atomic E-state index is -0.308. The first-order valence-electron chi connectivity index (χ1n) is 14.6. The topological polar surface area (TPSA) is 77.3 Å².